The first-order valence-electron chi connectivity index (χ1n) is 4.94. The van der Waals surface area contributed by atoms with Crippen molar-refractivity contribution in [3.05, 3.63) is 0 Å². The van der Waals surface area contributed by atoms with Crippen molar-refractivity contribution in [2.75, 3.05) is 25.9 Å². The molecular formula is C9H20N2O2S2. The minimum atomic E-state index is -2.94. The van der Waals surface area contributed by atoms with Crippen molar-refractivity contribution < 1.29 is 8.42 Å². The van der Waals surface area contributed by atoms with Crippen molar-refractivity contribution in [2.24, 2.45) is 5.73 Å². The molecule has 0 saturated carbocycles. The molecule has 90 valence electrons. The molecule has 6 heteroatoms. The molecule has 0 amide bonds. The van der Waals surface area contributed by atoms with Crippen LogP contribution in [0.15, 0.2) is 0 Å². The Labute approximate surface area is 97.7 Å². The zero-order chi connectivity index (χ0) is 12.1. The van der Waals surface area contributed by atoms with E-state index in [0.717, 1.165) is 0 Å². The summed E-state index contributed by atoms with van der Waals surface area (Å²) in [7, 11) is -1.07. The van der Waals surface area contributed by atoms with Gasteiger partial charge in [0.15, 0.2) is 9.84 Å². The van der Waals surface area contributed by atoms with E-state index < -0.39 is 9.84 Å². The van der Waals surface area contributed by atoms with Crippen molar-refractivity contribution in [3.63, 3.8) is 0 Å². The van der Waals surface area contributed by atoms with E-state index in [1.807, 2.05) is 11.9 Å². The maximum atomic E-state index is 11.5. The predicted molar refractivity (Wildman–Crippen MR) is 67.8 cm³/mol. The van der Waals surface area contributed by atoms with E-state index in [0.29, 0.717) is 24.5 Å². The van der Waals surface area contributed by atoms with Gasteiger partial charge in [-0.25, -0.2) is 8.42 Å². The lowest BCUT2D eigenvalue weighted by molar-refractivity contribution is 0.364. The van der Waals surface area contributed by atoms with Gasteiger partial charge in [-0.05, 0) is 20.9 Å². The molecule has 0 aliphatic heterocycles. The zero-order valence-corrected chi connectivity index (χ0v) is 11.2. The van der Waals surface area contributed by atoms with Gasteiger partial charge in [-0.3, -0.25) is 0 Å². The molecule has 0 aliphatic rings. The van der Waals surface area contributed by atoms with Crippen LogP contribution in [0.3, 0.4) is 0 Å². The van der Waals surface area contributed by atoms with Crippen LogP contribution in [-0.4, -0.2) is 49.4 Å². The molecule has 0 aromatic heterocycles. The molecule has 0 aromatic rings. The summed E-state index contributed by atoms with van der Waals surface area (Å²) in [4.78, 5) is 2.40. The van der Waals surface area contributed by atoms with E-state index in [4.69, 9.17) is 18.0 Å². The van der Waals surface area contributed by atoms with Crippen LogP contribution in [0.4, 0.5) is 0 Å². The van der Waals surface area contributed by atoms with Crippen LogP contribution in [0.1, 0.15) is 20.3 Å². The number of nitrogens with two attached hydrogens (primary N) is 1. The molecule has 0 bridgehead atoms. The molecule has 0 spiro atoms. The van der Waals surface area contributed by atoms with Crippen LogP contribution >= 0.6 is 12.2 Å². The molecule has 2 N–H and O–H groups in total. The average molecular weight is 252 g/mol. The Morgan fingerprint density at radius 2 is 1.93 bits per heavy atom. The molecule has 0 rings (SSSR count). The third-order valence-corrected chi connectivity index (χ3v) is 4.61. The molecule has 0 fully saturated rings. The van der Waals surface area contributed by atoms with Crippen molar-refractivity contribution in [1.82, 2.24) is 4.90 Å². The van der Waals surface area contributed by atoms with Crippen LogP contribution in [0, 0.1) is 0 Å². The zero-order valence-electron chi connectivity index (χ0n) is 9.56. The number of hydrogen-bond acceptors (Lipinski definition) is 4. The van der Waals surface area contributed by atoms with Gasteiger partial charge in [-0.2, -0.15) is 0 Å². The van der Waals surface area contributed by atoms with E-state index in [-0.39, 0.29) is 11.0 Å². The summed E-state index contributed by atoms with van der Waals surface area (Å²) in [5, 5.41) is -0.304. The van der Waals surface area contributed by atoms with Gasteiger partial charge in [0.1, 0.15) is 0 Å². The highest BCUT2D eigenvalue weighted by molar-refractivity contribution is 7.92. The fraction of sp³-hybridized carbons (Fsp3) is 0.889. The van der Waals surface area contributed by atoms with Gasteiger partial charge in [0, 0.05) is 19.5 Å². The number of nitrogens with zero attached hydrogens (tertiary/aromatic N) is 1. The molecule has 0 aromatic carbocycles. The lowest BCUT2D eigenvalue weighted by atomic mass is 10.4. The Kier molecular flexibility index (Phi) is 6.31. The first-order valence-corrected chi connectivity index (χ1v) is 7.06. The second-order valence-corrected chi connectivity index (χ2v) is 7.14. The molecule has 0 saturated heterocycles. The molecular weight excluding hydrogens is 232 g/mol. The number of rotatable bonds is 7. The lowest BCUT2D eigenvalue weighted by Gasteiger charge is -2.16. The van der Waals surface area contributed by atoms with Gasteiger partial charge in [-0.1, -0.05) is 12.2 Å². The first kappa shape index (κ1) is 14.8. The fourth-order valence-corrected chi connectivity index (χ4v) is 2.06. The highest BCUT2D eigenvalue weighted by Gasteiger charge is 2.16. The Morgan fingerprint density at radius 1 is 1.40 bits per heavy atom. The Hall–Kier alpha value is -0.200. The highest BCUT2D eigenvalue weighted by Crippen LogP contribution is 2.01. The van der Waals surface area contributed by atoms with Gasteiger partial charge in [0.2, 0.25) is 0 Å². The van der Waals surface area contributed by atoms with Gasteiger partial charge in [0.05, 0.1) is 16.0 Å². The molecule has 4 nitrogen and oxygen atoms in total. The van der Waals surface area contributed by atoms with Crippen molar-refractivity contribution in [1.29, 1.82) is 0 Å². The van der Waals surface area contributed by atoms with E-state index in [1.165, 1.54) is 0 Å². The average Bonchev–Trinajstić information content (AvgIpc) is 2.11. The third-order valence-electron chi connectivity index (χ3n) is 2.22. The van der Waals surface area contributed by atoms with Crippen molar-refractivity contribution in [3.8, 4) is 0 Å². The Morgan fingerprint density at radius 3 is 2.33 bits per heavy atom. The maximum Gasteiger partial charge on any atom is 0.153 e. The van der Waals surface area contributed by atoms with E-state index in [9.17, 15) is 8.42 Å². The van der Waals surface area contributed by atoms with Crippen LogP contribution in [0.5, 0.6) is 0 Å². The minimum absolute atomic E-state index is 0.193. The monoisotopic (exact) mass is 252 g/mol. The Bertz CT molecular complexity index is 299. The smallest absolute Gasteiger partial charge is 0.153 e. The summed E-state index contributed by atoms with van der Waals surface area (Å²) in [6.45, 7) is 4.64. The largest absolute Gasteiger partial charge is 0.393 e. The predicted octanol–water partition coefficient (Wildman–Crippen LogP) is 0.418. The van der Waals surface area contributed by atoms with Crippen LogP contribution in [0.25, 0.3) is 0 Å². The van der Waals surface area contributed by atoms with Gasteiger partial charge in [0.25, 0.3) is 0 Å². The molecule has 0 atom stereocenters. The topological polar surface area (TPSA) is 63.4 Å². The molecule has 0 radical (unpaired) electrons. The fourth-order valence-electron chi connectivity index (χ4n) is 0.932. The Balaban J connectivity index is 3.91. The standard InChI is InChI=1S/C9H20N2O2S2/c1-8(2)15(12,13)7-6-11(3)5-4-9(10)14/h8H,4-7H2,1-3H3,(H2,10,14). The first-order chi connectivity index (χ1) is 6.75. The van der Waals surface area contributed by atoms with Crippen LogP contribution < -0.4 is 5.73 Å². The van der Waals surface area contributed by atoms with Crippen molar-refractivity contribution >= 4 is 27.0 Å². The summed E-state index contributed by atoms with van der Waals surface area (Å²) < 4.78 is 23.0. The number of hydrogen-bond donors (Lipinski definition) is 1. The summed E-state index contributed by atoms with van der Waals surface area (Å²) in [5.74, 6) is 0.193. The number of sulfone groups is 1. The molecule has 15 heavy (non-hydrogen) atoms. The normalized spacial score (nSPS) is 12.3. The molecule has 0 heterocycles. The summed E-state index contributed by atoms with van der Waals surface area (Å²) >= 11 is 4.75. The second kappa shape index (κ2) is 6.40. The third kappa shape index (κ3) is 6.81. The van der Waals surface area contributed by atoms with Crippen molar-refractivity contribution in [2.45, 2.75) is 25.5 Å². The summed E-state index contributed by atoms with van der Waals surface area (Å²) in [6.07, 6.45) is 0.632. The molecule has 0 aliphatic carbocycles. The van der Waals surface area contributed by atoms with Gasteiger partial charge < -0.3 is 10.6 Å². The highest BCUT2D eigenvalue weighted by atomic mass is 32.2. The number of thiocarbonyl (C=S) groups is 1. The second-order valence-electron chi connectivity index (χ2n) is 3.94. The summed E-state index contributed by atoms with van der Waals surface area (Å²) in [5.41, 5.74) is 5.36. The van der Waals surface area contributed by atoms with Gasteiger partial charge in [-0.15, -0.1) is 0 Å². The van der Waals surface area contributed by atoms with E-state index in [2.05, 4.69) is 0 Å². The van der Waals surface area contributed by atoms with E-state index in [1.54, 1.807) is 13.8 Å². The van der Waals surface area contributed by atoms with Gasteiger partial charge >= 0.3 is 0 Å². The molecule has 0 unspecified atom stereocenters. The minimum Gasteiger partial charge on any atom is -0.393 e. The van der Waals surface area contributed by atoms with E-state index >= 15 is 0 Å². The maximum absolute atomic E-state index is 11.5. The lowest BCUT2D eigenvalue weighted by Crippen LogP contribution is -2.31. The SMILES string of the molecule is CC(C)S(=O)(=O)CCN(C)CCC(N)=S. The van der Waals surface area contributed by atoms with Crippen LogP contribution in [0.2, 0.25) is 0 Å². The summed E-state index contributed by atoms with van der Waals surface area (Å²) in [6, 6.07) is 0. The van der Waals surface area contributed by atoms with Crippen LogP contribution in [-0.2, 0) is 9.84 Å². The quantitative estimate of drug-likeness (QED) is 0.665.